The van der Waals surface area contributed by atoms with E-state index in [1.54, 1.807) is 47.7 Å². The van der Waals surface area contributed by atoms with Gasteiger partial charge in [-0.2, -0.15) is 0 Å². The minimum absolute atomic E-state index is 0.0232. The van der Waals surface area contributed by atoms with E-state index in [1.807, 2.05) is 45.2 Å². The van der Waals surface area contributed by atoms with Gasteiger partial charge in [0.15, 0.2) is 0 Å². The highest BCUT2D eigenvalue weighted by molar-refractivity contribution is 7.94. The molecular weight excluding hydrogens is 550 g/mol. The molecule has 3 aromatic rings. The van der Waals surface area contributed by atoms with Crippen molar-refractivity contribution in [1.29, 1.82) is 0 Å². The number of nitrogens with one attached hydrogen (secondary N) is 1. The van der Waals surface area contributed by atoms with Crippen LogP contribution in [0.4, 0.5) is 5.69 Å². The summed E-state index contributed by atoms with van der Waals surface area (Å²) >= 11 is 1.13. The minimum Gasteiger partial charge on any atom is -0.497 e. The van der Waals surface area contributed by atoms with Crippen molar-refractivity contribution in [1.82, 2.24) is 9.80 Å². The Morgan fingerprint density at radius 3 is 2.62 bits per heavy atom. The van der Waals surface area contributed by atoms with E-state index < -0.39 is 10.0 Å². The van der Waals surface area contributed by atoms with Crippen LogP contribution in [0.25, 0.3) is 0 Å². The van der Waals surface area contributed by atoms with Crippen molar-refractivity contribution in [2.45, 2.75) is 43.2 Å². The molecular formula is C29H37N3O6S2. The van der Waals surface area contributed by atoms with Gasteiger partial charge in [0.05, 0.1) is 26.2 Å². The van der Waals surface area contributed by atoms with Gasteiger partial charge in [-0.05, 0) is 61.3 Å². The Labute approximate surface area is 240 Å². The number of methoxy groups -OCH3 is 1. The number of sulfonamides is 1. The molecule has 3 atom stereocenters. The first-order valence-electron chi connectivity index (χ1n) is 13.2. The van der Waals surface area contributed by atoms with E-state index in [4.69, 9.17) is 9.47 Å². The molecule has 0 spiro atoms. The number of aliphatic hydroxyl groups excluding tert-OH is 1. The van der Waals surface area contributed by atoms with Crippen molar-refractivity contribution in [3.8, 4) is 11.5 Å². The lowest BCUT2D eigenvalue weighted by Crippen LogP contribution is -2.47. The number of thiophene rings is 1. The Morgan fingerprint density at radius 1 is 1.23 bits per heavy atom. The normalized spacial score (nSPS) is 18.8. The first-order valence-corrected chi connectivity index (χ1v) is 15.5. The maximum absolute atomic E-state index is 13.4. The number of hydrogen-bond acceptors (Lipinski definition) is 8. The van der Waals surface area contributed by atoms with Crippen LogP contribution in [-0.2, 0) is 27.8 Å². The molecule has 1 aliphatic heterocycles. The Hall–Kier alpha value is -3.12. The highest BCUT2D eigenvalue weighted by Gasteiger charge is 2.31. The number of nitrogens with zero attached hydrogens (tertiary/aromatic N) is 2. The van der Waals surface area contributed by atoms with Crippen molar-refractivity contribution < 1.29 is 27.8 Å². The summed E-state index contributed by atoms with van der Waals surface area (Å²) in [7, 11) is -0.0821. The number of hydrogen-bond donors (Lipinski definition) is 2. The van der Waals surface area contributed by atoms with Gasteiger partial charge in [-0.15, -0.1) is 11.3 Å². The summed E-state index contributed by atoms with van der Waals surface area (Å²) in [4.78, 5) is 17.3. The average molecular weight is 588 g/mol. The third-order valence-corrected chi connectivity index (χ3v) is 9.81. The third-order valence-electron chi connectivity index (χ3n) is 7.03. The van der Waals surface area contributed by atoms with Gasteiger partial charge in [-0.25, -0.2) is 8.42 Å². The second-order valence-corrected chi connectivity index (χ2v) is 13.1. The molecule has 4 rings (SSSR count). The molecule has 9 nitrogen and oxygen atoms in total. The van der Waals surface area contributed by atoms with Crippen molar-refractivity contribution in [3.63, 3.8) is 0 Å². The molecule has 0 saturated carbocycles. The van der Waals surface area contributed by atoms with E-state index in [1.165, 1.54) is 0 Å². The Balaban J connectivity index is 1.60. The third kappa shape index (κ3) is 7.34. The number of aliphatic hydroxyl groups is 1. The number of rotatable bonds is 10. The van der Waals surface area contributed by atoms with E-state index in [-0.39, 0.29) is 41.2 Å². The van der Waals surface area contributed by atoms with Gasteiger partial charge >= 0.3 is 0 Å². The Morgan fingerprint density at radius 2 is 1.98 bits per heavy atom. The minimum atomic E-state index is -3.75. The summed E-state index contributed by atoms with van der Waals surface area (Å²) in [6.07, 6.45) is -0.245. The molecule has 216 valence electrons. The smallest absolute Gasteiger partial charge is 0.271 e. The summed E-state index contributed by atoms with van der Waals surface area (Å²) in [6.45, 7) is 5.42. The van der Waals surface area contributed by atoms with Crippen molar-refractivity contribution in [2.75, 3.05) is 38.6 Å². The Kier molecular flexibility index (Phi) is 9.72. The SMILES string of the molecule is COc1ccc(CN(C)C[C@H]2Oc3ccc(NS(=O)(=O)c4cccs4)cc3CC(=O)N([C@H](C)CO)C[C@@H]2C)cc1. The largest absolute Gasteiger partial charge is 0.497 e. The lowest BCUT2D eigenvalue weighted by Gasteiger charge is -2.34. The van der Waals surface area contributed by atoms with Crippen molar-refractivity contribution >= 4 is 33.0 Å². The molecule has 2 heterocycles. The van der Waals surface area contributed by atoms with Gasteiger partial charge in [-0.1, -0.05) is 25.1 Å². The predicted molar refractivity (Wildman–Crippen MR) is 156 cm³/mol. The summed E-state index contributed by atoms with van der Waals surface area (Å²) < 4.78 is 40.3. The lowest BCUT2D eigenvalue weighted by atomic mass is 10.0. The number of carbonyl (C=O) groups is 1. The second kappa shape index (κ2) is 13.0. The molecule has 0 aliphatic carbocycles. The topological polar surface area (TPSA) is 108 Å². The van der Waals surface area contributed by atoms with Gasteiger partial charge in [0, 0.05) is 36.8 Å². The molecule has 1 aromatic heterocycles. The van der Waals surface area contributed by atoms with E-state index in [0.717, 1.165) is 22.6 Å². The second-order valence-electron chi connectivity index (χ2n) is 10.3. The molecule has 1 amide bonds. The molecule has 0 radical (unpaired) electrons. The van der Waals surface area contributed by atoms with Crippen LogP contribution in [0.3, 0.4) is 0 Å². The van der Waals surface area contributed by atoms with Gasteiger partial charge < -0.3 is 19.5 Å². The quantitative estimate of drug-likeness (QED) is 0.371. The van der Waals surface area contributed by atoms with Gasteiger partial charge in [0.1, 0.15) is 21.8 Å². The number of ether oxygens (including phenoxy) is 2. The highest BCUT2D eigenvalue weighted by atomic mass is 32.2. The fraction of sp³-hybridized carbons (Fsp3) is 0.414. The van der Waals surface area contributed by atoms with Gasteiger partial charge in [0.25, 0.3) is 10.0 Å². The fourth-order valence-electron chi connectivity index (χ4n) is 4.75. The van der Waals surface area contributed by atoms with E-state index in [9.17, 15) is 18.3 Å². The molecule has 2 aromatic carbocycles. The maximum atomic E-state index is 13.4. The van der Waals surface area contributed by atoms with Crippen LogP contribution in [0.2, 0.25) is 0 Å². The highest BCUT2D eigenvalue weighted by Crippen LogP contribution is 2.30. The number of amides is 1. The number of anilines is 1. The van der Waals surface area contributed by atoms with Crippen LogP contribution in [-0.4, -0.2) is 75.2 Å². The van der Waals surface area contributed by atoms with Crippen LogP contribution in [0, 0.1) is 5.92 Å². The molecule has 2 N–H and O–H groups in total. The average Bonchev–Trinajstić information content (AvgIpc) is 3.49. The monoisotopic (exact) mass is 587 g/mol. The standard InChI is InChI=1S/C29H37N3O6S2/c1-20-16-32(21(2)19-33)28(34)15-23-14-24(30-40(35,36)29-6-5-13-39-29)9-12-26(23)38-27(20)18-31(3)17-22-7-10-25(37-4)11-8-22/h5-14,20-21,27,30,33H,15-19H2,1-4H3/t20-,21+,27+/m0/s1. The van der Waals surface area contributed by atoms with Crippen LogP contribution in [0.1, 0.15) is 25.0 Å². The van der Waals surface area contributed by atoms with Crippen LogP contribution in [0.5, 0.6) is 11.5 Å². The first kappa shape index (κ1) is 29.9. The first-order chi connectivity index (χ1) is 19.1. The lowest BCUT2D eigenvalue weighted by molar-refractivity contribution is -0.134. The summed E-state index contributed by atoms with van der Waals surface area (Å²) in [5, 5.41) is 11.6. The number of carbonyl (C=O) groups excluding carboxylic acids is 1. The summed E-state index contributed by atoms with van der Waals surface area (Å²) in [5.41, 5.74) is 2.07. The molecule has 0 bridgehead atoms. The zero-order chi connectivity index (χ0) is 28.9. The summed E-state index contributed by atoms with van der Waals surface area (Å²) in [5.74, 6) is 1.15. The van der Waals surface area contributed by atoms with Gasteiger partial charge in [-0.3, -0.25) is 14.4 Å². The van der Waals surface area contributed by atoms with E-state index in [0.29, 0.717) is 36.6 Å². The number of likely N-dealkylation sites (N-methyl/N-ethyl adjacent to an activating group) is 1. The van der Waals surface area contributed by atoms with Crippen LogP contribution in [0.15, 0.2) is 64.2 Å². The fourth-order valence-corrected chi connectivity index (χ4v) is 6.79. The molecule has 0 saturated heterocycles. The van der Waals surface area contributed by atoms with E-state index in [2.05, 4.69) is 9.62 Å². The molecule has 0 unspecified atom stereocenters. The number of benzene rings is 2. The molecule has 40 heavy (non-hydrogen) atoms. The number of fused-ring (bicyclic) bond motifs is 1. The zero-order valence-electron chi connectivity index (χ0n) is 23.2. The maximum Gasteiger partial charge on any atom is 0.271 e. The Bertz CT molecular complexity index is 1380. The van der Waals surface area contributed by atoms with Crippen LogP contribution < -0.4 is 14.2 Å². The summed E-state index contributed by atoms with van der Waals surface area (Å²) in [6, 6.07) is 15.8. The van der Waals surface area contributed by atoms with Gasteiger partial charge in [0.2, 0.25) is 5.91 Å². The zero-order valence-corrected chi connectivity index (χ0v) is 24.9. The molecule has 0 fully saturated rings. The molecule has 11 heteroatoms. The van der Waals surface area contributed by atoms with Crippen molar-refractivity contribution in [2.24, 2.45) is 5.92 Å². The van der Waals surface area contributed by atoms with Crippen molar-refractivity contribution in [3.05, 3.63) is 71.1 Å². The van der Waals surface area contributed by atoms with Crippen LogP contribution >= 0.6 is 11.3 Å². The predicted octanol–water partition coefficient (Wildman–Crippen LogP) is 3.84. The van der Waals surface area contributed by atoms with E-state index >= 15 is 0 Å². The molecule has 1 aliphatic rings.